The molecule has 1 unspecified atom stereocenters. The minimum absolute atomic E-state index is 0.417. The minimum Gasteiger partial charge on any atom is -0.388 e. The number of aliphatic hydroxyl groups excluding tert-OH is 1. The largest absolute Gasteiger partial charge is 0.388 e. The molecule has 0 amide bonds. The molecule has 1 N–H and O–H groups in total. The quantitative estimate of drug-likeness (QED) is 0.604. The molecule has 0 saturated heterocycles. The molecular formula is C12H16OS. The van der Waals surface area contributed by atoms with Crippen LogP contribution >= 0.6 is 11.8 Å². The van der Waals surface area contributed by atoms with Gasteiger partial charge < -0.3 is 5.11 Å². The number of hydrogen-bond acceptors (Lipinski definition) is 2. The lowest BCUT2D eigenvalue weighted by Gasteiger charge is -2.11. The maximum Gasteiger partial charge on any atom is 0.0827 e. The third-order valence-electron chi connectivity index (χ3n) is 2.02. The molecule has 0 aliphatic rings. The summed E-state index contributed by atoms with van der Waals surface area (Å²) in [5, 5.41) is 9.84. The molecule has 0 bridgehead atoms. The third kappa shape index (κ3) is 3.20. The van der Waals surface area contributed by atoms with Crippen molar-refractivity contribution in [2.45, 2.75) is 24.3 Å². The summed E-state index contributed by atoms with van der Waals surface area (Å²) in [5.74, 6) is 0. The van der Waals surface area contributed by atoms with Crippen molar-refractivity contribution in [3.05, 3.63) is 42.0 Å². The molecule has 1 atom stereocenters. The molecule has 1 aromatic rings. The van der Waals surface area contributed by atoms with E-state index in [4.69, 9.17) is 0 Å². The van der Waals surface area contributed by atoms with Gasteiger partial charge >= 0.3 is 0 Å². The van der Waals surface area contributed by atoms with Crippen LogP contribution in [-0.4, -0.2) is 11.4 Å². The molecule has 2 heteroatoms. The summed E-state index contributed by atoms with van der Waals surface area (Å²) in [6.45, 7) is 5.73. The van der Waals surface area contributed by atoms with Crippen LogP contribution in [0, 0.1) is 0 Å². The second-order valence-electron chi connectivity index (χ2n) is 3.45. The molecular weight excluding hydrogens is 192 g/mol. The molecule has 0 aromatic heterocycles. The minimum atomic E-state index is -0.417. The highest BCUT2D eigenvalue weighted by Gasteiger charge is 2.07. The number of rotatable bonds is 4. The second kappa shape index (κ2) is 5.23. The topological polar surface area (TPSA) is 20.2 Å². The van der Waals surface area contributed by atoms with Crippen molar-refractivity contribution in [1.29, 1.82) is 0 Å². The molecule has 0 aliphatic heterocycles. The predicted octanol–water partition coefficient (Wildman–Crippen LogP) is 3.41. The Hall–Kier alpha value is -0.730. The zero-order chi connectivity index (χ0) is 10.6. The number of benzene rings is 1. The highest BCUT2D eigenvalue weighted by atomic mass is 32.2. The average Bonchev–Trinajstić information content (AvgIpc) is 2.17. The van der Waals surface area contributed by atoms with Gasteiger partial charge in [0.1, 0.15) is 0 Å². The number of thioether (sulfide) groups is 1. The summed E-state index contributed by atoms with van der Waals surface area (Å²) in [6, 6.07) is 8.00. The summed E-state index contributed by atoms with van der Waals surface area (Å²) >= 11 is 1.69. The van der Waals surface area contributed by atoms with Crippen LogP contribution in [0.25, 0.3) is 0 Å². The Balaban J connectivity index is 2.78. The summed E-state index contributed by atoms with van der Waals surface area (Å²) in [6.07, 6.45) is 2.25. The van der Waals surface area contributed by atoms with Gasteiger partial charge in [-0.25, -0.2) is 0 Å². The normalized spacial score (nSPS) is 12.5. The van der Waals surface area contributed by atoms with E-state index in [1.807, 2.05) is 37.4 Å². The van der Waals surface area contributed by atoms with E-state index >= 15 is 0 Å². The van der Waals surface area contributed by atoms with E-state index < -0.39 is 6.10 Å². The fourth-order valence-corrected chi connectivity index (χ4v) is 1.77. The highest BCUT2D eigenvalue weighted by molar-refractivity contribution is 7.98. The van der Waals surface area contributed by atoms with Crippen LogP contribution in [0.15, 0.2) is 41.3 Å². The van der Waals surface area contributed by atoms with Crippen molar-refractivity contribution in [1.82, 2.24) is 0 Å². The molecule has 0 spiro atoms. The van der Waals surface area contributed by atoms with Crippen molar-refractivity contribution in [3.8, 4) is 0 Å². The summed E-state index contributed by atoms with van der Waals surface area (Å²) < 4.78 is 0. The fraction of sp³-hybridized carbons (Fsp3) is 0.333. The molecule has 0 radical (unpaired) electrons. The van der Waals surface area contributed by atoms with Gasteiger partial charge in [0.25, 0.3) is 0 Å². The van der Waals surface area contributed by atoms with Gasteiger partial charge in [-0.1, -0.05) is 17.7 Å². The molecule has 1 rings (SSSR count). The smallest absolute Gasteiger partial charge is 0.0827 e. The molecule has 0 heterocycles. The maximum atomic E-state index is 9.84. The van der Waals surface area contributed by atoms with Gasteiger partial charge in [-0.15, -0.1) is 18.3 Å². The first-order valence-electron chi connectivity index (χ1n) is 4.60. The lowest BCUT2D eigenvalue weighted by Crippen LogP contribution is -1.97. The Kier molecular flexibility index (Phi) is 4.23. The predicted molar refractivity (Wildman–Crippen MR) is 62.6 cm³/mol. The highest BCUT2D eigenvalue weighted by Crippen LogP contribution is 2.24. The Morgan fingerprint density at radius 1 is 1.57 bits per heavy atom. The van der Waals surface area contributed by atoms with Crippen LogP contribution in [0.5, 0.6) is 0 Å². The van der Waals surface area contributed by atoms with Gasteiger partial charge in [-0.05, 0) is 37.3 Å². The summed E-state index contributed by atoms with van der Waals surface area (Å²) in [4.78, 5) is 1.18. The van der Waals surface area contributed by atoms with Crippen LogP contribution in [0.1, 0.15) is 25.0 Å². The van der Waals surface area contributed by atoms with Gasteiger partial charge in [-0.3, -0.25) is 0 Å². The van der Waals surface area contributed by atoms with Crippen molar-refractivity contribution in [2.75, 3.05) is 6.26 Å². The van der Waals surface area contributed by atoms with E-state index in [1.54, 1.807) is 11.8 Å². The lowest BCUT2D eigenvalue weighted by atomic mass is 10.0. The summed E-state index contributed by atoms with van der Waals surface area (Å²) in [7, 11) is 0. The third-order valence-corrected chi connectivity index (χ3v) is 2.75. The maximum absolute atomic E-state index is 9.84. The van der Waals surface area contributed by atoms with Crippen LogP contribution in [0.2, 0.25) is 0 Å². The zero-order valence-corrected chi connectivity index (χ0v) is 9.47. The zero-order valence-electron chi connectivity index (χ0n) is 8.66. The SMILES string of the molecule is C=C(C)CC(O)c1cccc(SC)c1. The van der Waals surface area contributed by atoms with Gasteiger partial charge in [0.15, 0.2) is 0 Å². The van der Waals surface area contributed by atoms with E-state index in [0.29, 0.717) is 6.42 Å². The van der Waals surface area contributed by atoms with Gasteiger partial charge in [0, 0.05) is 4.90 Å². The fourth-order valence-electron chi connectivity index (χ4n) is 1.30. The van der Waals surface area contributed by atoms with Crippen LogP contribution in [-0.2, 0) is 0 Å². The average molecular weight is 208 g/mol. The lowest BCUT2D eigenvalue weighted by molar-refractivity contribution is 0.178. The molecule has 1 aromatic carbocycles. The van der Waals surface area contributed by atoms with E-state index in [0.717, 1.165) is 11.1 Å². The number of hydrogen-bond donors (Lipinski definition) is 1. The molecule has 14 heavy (non-hydrogen) atoms. The first kappa shape index (κ1) is 11.3. The Morgan fingerprint density at radius 2 is 2.29 bits per heavy atom. The molecule has 0 saturated carbocycles. The Bertz CT molecular complexity index is 320. The van der Waals surface area contributed by atoms with Crippen LogP contribution in [0.3, 0.4) is 0 Å². The molecule has 0 aliphatic carbocycles. The summed E-state index contributed by atoms with van der Waals surface area (Å²) in [5.41, 5.74) is 1.98. The van der Waals surface area contributed by atoms with E-state index in [-0.39, 0.29) is 0 Å². The Morgan fingerprint density at radius 3 is 2.86 bits per heavy atom. The molecule has 1 nitrogen and oxygen atoms in total. The van der Waals surface area contributed by atoms with Crippen molar-refractivity contribution in [3.63, 3.8) is 0 Å². The van der Waals surface area contributed by atoms with E-state index in [1.165, 1.54) is 4.90 Å². The first-order valence-corrected chi connectivity index (χ1v) is 5.82. The van der Waals surface area contributed by atoms with Crippen molar-refractivity contribution in [2.24, 2.45) is 0 Å². The van der Waals surface area contributed by atoms with Gasteiger partial charge in [0.05, 0.1) is 6.10 Å². The van der Waals surface area contributed by atoms with Crippen molar-refractivity contribution >= 4 is 11.8 Å². The second-order valence-corrected chi connectivity index (χ2v) is 4.33. The van der Waals surface area contributed by atoms with Gasteiger partial charge in [0.2, 0.25) is 0 Å². The standard InChI is InChI=1S/C12H16OS/c1-9(2)7-12(13)10-5-4-6-11(8-10)14-3/h4-6,8,12-13H,1,7H2,2-3H3. The van der Waals surface area contributed by atoms with Crippen LogP contribution in [0.4, 0.5) is 0 Å². The van der Waals surface area contributed by atoms with E-state index in [9.17, 15) is 5.11 Å². The first-order chi connectivity index (χ1) is 6.63. The van der Waals surface area contributed by atoms with Gasteiger partial charge in [-0.2, -0.15) is 0 Å². The van der Waals surface area contributed by atoms with Crippen LogP contribution < -0.4 is 0 Å². The Labute approximate surface area is 89.8 Å². The molecule has 76 valence electrons. The van der Waals surface area contributed by atoms with E-state index in [2.05, 4.69) is 6.58 Å². The number of aliphatic hydroxyl groups is 1. The monoisotopic (exact) mass is 208 g/mol. The molecule has 0 fully saturated rings. The van der Waals surface area contributed by atoms with Crippen molar-refractivity contribution < 1.29 is 5.11 Å².